The fraction of sp³-hybridized carbons (Fsp3) is 0.727. The molecule has 0 saturated carbocycles. The average molecular weight is 263 g/mol. The largest absolute Gasteiger partial charge is 0.481 e. The SMILES string of the molecule is CC(=O)O.CC(C(=O)O)[C@@H](N)C(=O)OC(C)(C)C. The third-order valence-corrected chi connectivity index (χ3v) is 1.61. The minimum absolute atomic E-state index is 0.646. The lowest BCUT2D eigenvalue weighted by molar-refractivity contribution is -0.161. The summed E-state index contributed by atoms with van der Waals surface area (Å²) in [6, 6.07) is -1.12. The molecule has 0 aliphatic heterocycles. The molecule has 0 aliphatic carbocycles. The smallest absolute Gasteiger partial charge is 0.324 e. The zero-order chi connectivity index (χ0) is 15.1. The number of rotatable bonds is 3. The van der Waals surface area contributed by atoms with Crippen molar-refractivity contribution < 1.29 is 29.3 Å². The molecule has 0 fully saturated rings. The van der Waals surface area contributed by atoms with Crippen LogP contribution in [-0.2, 0) is 19.1 Å². The Morgan fingerprint density at radius 3 is 1.72 bits per heavy atom. The second-order valence-electron chi connectivity index (χ2n) is 4.71. The monoisotopic (exact) mass is 263 g/mol. The van der Waals surface area contributed by atoms with Crippen LogP contribution in [0, 0.1) is 5.92 Å². The highest BCUT2D eigenvalue weighted by molar-refractivity contribution is 5.83. The highest BCUT2D eigenvalue weighted by atomic mass is 16.6. The maximum absolute atomic E-state index is 11.3. The summed E-state index contributed by atoms with van der Waals surface area (Å²) < 4.78 is 4.94. The van der Waals surface area contributed by atoms with Crippen LogP contribution in [0.1, 0.15) is 34.6 Å². The lowest BCUT2D eigenvalue weighted by Gasteiger charge is -2.23. The highest BCUT2D eigenvalue weighted by Gasteiger charge is 2.30. The molecule has 0 aromatic carbocycles. The maximum Gasteiger partial charge on any atom is 0.324 e. The highest BCUT2D eigenvalue weighted by Crippen LogP contribution is 2.11. The molecule has 7 nitrogen and oxygen atoms in total. The first kappa shape index (κ1) is 18.7. The van der Waals surface area contributed by atoms with Crippen LogP contribution >= 0.6 is 0 Å². The molecule has 0 bridgehead atoms. The van der Waals surface area contributed by atoms with Crippen LogP contribution in [0.2, 0.25) is 0 Å². The van der Waals surface area contributed by atoms with E-state index in [1.165, 1.54) is 6.92 Å². The summed E-state index contributed by atoms with van der Waals surface area (Å²) in [5, 5.41) is 16.0. The molecule has 0 saturated heterocycles. The van der Waals surface area contributed by atoms with Crippen LogP contribution in [-0.4, -0.2) is 39.8 Å². The summed E-state index contributed by atoms with van der Waals surface area (Å²) in [6.45, 7) is 7.55. The van der Waals surface area contributed by atoms with Gasteiger partial charge < -0.3 is 20.7 Å². The van der Waals surface area contributed by atoms with E-state index in [1.807, 2.05) is 0 Å². The van der Waals surface area contributed by atoms with Gasteiger partial charge in [-0.05, 0) is 27.7 Å². The normalized spacial score (nSPS) is 13.7. The first-order valence-corrected chi connectivity index (χ1v) is 5.29. The number of aliphatic carboxylic acids is 2. The van der Waals surface area contributed by atoms with Crippen molar-refractivity contribution in [1.82, 2.24) is 0 Å². The quantitative estimate of drug-likeness (QED) is 0.631. The maximum atomic E-state index is 11.3. The van der Waals surface area contributed by atoms with Crippen molar-refractivity contribution in [3.63, 3.8) is 0 Å². The minimum Gasteiger partial charge on any atom is -0.481 e. The van der Waals surface area contributed by atoms with Crippen LogP contribution < -0.4 is 5.73 Å². The van der Waals surface area contributed by atoms with Gasteiger partial charge in [-0.2, -0.15) is 0 Å². The molecule has 1 unspecified atom stereocenters. The molecule has 7 heteroatoms. The van der Waals surface area contributed by atoms with Gasteiger partial charge in [0.1, 0.15) is 11.6 Å². The van der Waals surface area contributed by atoms with Gasteiger partial charge in [-0.1, -0.05) is 0 Å². The molecule has 2 atom stereocenters. The number of nitrogens with two attached hydrogens (primary N) is 1. The van der Waals surface area contributed by atoms with Gasteiger partial charge in [-0.3, -0.25) is 14.4 Å². The fourth-order valence-electron chi connectivity index (χ4n) is 0.728. The third kappa shape index (κ3) is 10.9. The van der Waals surface area contributed by atoms with E-state index in [4.69, 9.17) is 25.5 Å². The molecule has 0 aromatic rings. The van der Waals surface area contributed by atoms with Crippen molar-refractivity contribution in [2.45, 2.75) is 46.3 Å². The van der Waals surface area contributed by atoms with Crippen LogP contribution in [0.15, 0.2) is 0 Å². The summed E-state index contributed by atoms with van der Waals surface area (Å²) in [5.74, 6) is -3.57. The summed E-state index contributed by atoms with van der Waals surface area (Å²) in [7, 11) is 0. The molecule has 0 rings (SSSR count). The van der Waals surface area contributed by atoms with Crippen molar-refractivity contribution in [1.29, 1.82) is 0 Å². The number of carbonyl (C=O) groups excluding carboxylic acids is 1. The molecular formula is C11H21NO6. The van der Waals surface area contributed by atoms with E-state index in [0.29, 0.717) is 0 Å². The lowest BCUT2D eigenvalue weighted by Crippen LogP contribution is -2.44. The van der Waals surface area contributed by atoms with E-state index < -0.39 is 35.5 Å². The molecule has 18 heavy (non-hydrogen) atoms. The van der Waals surface area contributed by atoms with Crippen molar-refractivity contribution in [3.8, 4) is 0 Å². The van der Waals surface area contributed by atoms with Gasteiger partial charge in [-0.15, -0.1) is 0 Å². The Balaban J connectivity index is 0. The Hall–Kier alpha value is -1.63. The number of esters is 1. The second kappa shape index (κ2) is 7.65. The van der Waals surface area contributed by atoms with E-state index in [0.717, 1.165) is 6.92 Å². The van der Waals surface area contributed by atoms with Gasteiger partial charge in [-0.25, -0.2) is 0 Å². The summed E-state index contributed by atoms with van der Waals surface area (Å²) in [4.78, 5) is 30.8. The van der Waals surface area contributed by atoms with Gasteiger partial charge in [0, 0.05) is 6.92 Å². The minimum atomic E-state index is -1.12. The Morgan fingerprint density at radius 2 is 1.50 bits per heavy atom. The van der Waals surface area contributed by atoms with Crippen molar-refractivity contribution >= 4 is 17.9 Å². The molecule has 0 heterocycles. The molecule has 0 spiro atoms. The van der Waals surface area contributed by atoms with Crippen LogP contribution in [0.25, 0.3) is 0 Å². The van der Waals surface area contributed by atoms with Gasteiger partial charge in [0.05, 0.1) is 5.92 Å². The third-order valence-electron chi connectivity index (χ3n) is 1.61. The molecule has 4 N–H and O–H groups in total. The van der Waals surface area contributed by atoms with Gasteiger partial charge in [0.25, 0.3) is 5.97 Å². The first-order chi connectivity index (χ1) is 7.88. The van der Waals surface area contributed by atoms with E-state index in [1.54, 1.807) is 20.8 Å². The zero-order valence-corrected chi connectivity index (χ0v) is 11.3. The summed E-state index contributed by atoms with van der Waals surface area (Å²) in [6.07, 6.45) is 0. The molecular weight excluding hydrogens is 242 g/mol. The average Bonchev–Trinajstić information content (AvgIpc) is 2.11. The number of hydrogen-bond acceptors (Lipinski definition) is 5. The van der Waals surface area contributed by atoms with Crippen molar-refractivity contribution in [3.05, 3.63) is 0 Å². The predicted molar refractivity (Wildman–Crippen MR) is 63.9 cm³/mol. The number of ether oxygens (including phenoxy) is 1. The Bertz CT molecular complexity index is 303. The number of carboxylic acids is 2. The topological polar surface area (TPSA) is 127 Å². The Kier molecular flexibility index (Phi) is 7.96. The van der Waals surface area contributed by atoms with Crippen LogP contribution in [0.4, 0.5) is 0 Å². The number of carbonyl (C=O) groups is 3. The fourth-order valence-corrected chi connectivity index (χ4v) is 0.728. The predicted octanol–water partition coefficient (Wildman–Crippen LogP) is 0.467. The summed E-state index contributed by atoms with van der Waals surface area (Å²) >= 11 is 0. The standard InChI is InChI=1S/C9H17NO4.C2H4O2/c1-5(7(11)12)6(10)8(13)14-9(2,3)4;1-2(3)4/h5-6H,10H2,1-4H3,(H,11,12);1H3,(H,3,4)/t5?,6-;/m1./s1. The Morgan fingerprint density at radius 1 is 1.17 bits per heavy atom. The van der Waals surface area contributed by atoms with Gasteiger partial charge in [0.15, 0.2) is 0 Å². The molecule has 106 valence electrons. The van der Waals surface area contributed by atoms with Gasteiger partial charge in [0.2, 0.25) is 0 Å². The first-order valence-electron chi connectivity index (χ1n) is 5.29. The molecule has 0 aliphatic rings. The van der Waals surface area contributed by atoms with E-state index in [9.17, 15) is 9.59 Å². The lowest BCUT2D eigenvalue weighted by atomic mass is 10.0. The second-order valence-corrected chi connectivity index (χ2v) is 4.71. The summed E-state index contributed by atoms with van der Waals surface area (Å²) in [5.41, 5.74) is 4.77. The van der Waals surface area contributed by atoms with Crippen molar-refractivity contribution in [2.75, 3.05) is 0 Å². The van der Waals surface area contributed by atoms with E-state index in [-0.39, 0.29) is 0 Å². The molecule has 0 radical (unpaired) electrons. The zero-order valence-electron chi connectivity index (χ0n) is 11.3. The van der Waals surface area contributed by atoms with Crippen molar-refractivity contribution in [2.24, 2.45) is 11.7 Å². The number of carboxylic acid groups (broad SMARTS) is 2. The van der Waals surface area contributed by atoms with E-state index in [2.05, 4.69) is 0 Å². The van der Waals surface area contributed by atoms with Gasteiger partial charge >= 0.3 is 11.9 Å². The Labute approximate surface area is 106 Å². The number of hydrogen-bond donors (Lipinski definition) is 3. The van der Waals surface area contributed by atoms with Crippen LogP contribution in [0.5, 0.6) is 0 Å². The molecule has 0 aromatic heterocycles. The van der Waals surface area contributed by atoms with E-state index >= 15 is 0 Å². The molecule has 0 amide bonds. The van der Waals surface area contributed by atoms with Crippen LogP contribution in [0.3, 0.4) is 0 Å².